The number of carbonyl (C=O) groups is 3. The van der Waals surface area contributed by atoms with Gasteiger partial charge in [-0.2, -0.15) is 0 Å². The van der Waals surface area contributed by atoms with Gasteiger partial charge in [0.2, 0.25) is 5.91 Å². The first-order valence-corrected chi connectivity index (χ1v) is 13.5. The average molecular weight is 537 g/mol. The highest BCUT2D eigenvalue weighted by Gasteiger charge is 2.37. The van der Waals surface area contributed by atoms with Crippen molar-refractivity contribution in [1.82, 2.24) is 4.90 Å². The van der Waals surface area contributed by atoms with Crippen molar-refractivity contribution in [2.45, 2.75) is 24.7 Å². The lowest BCUT2D eigenvalue weighted by Gasteiger charge is -2.17. The zero-order chi connectivity index (χ0) is 25.8. The number of rotatable bonds is 9. The van der Waals surface area contributed by atoms with Gasteiger partial charge in [0.15, 0.2) is 0 Å². The molecular formula is C28H25ClN2O5S. The molecule has 3 amide bonds. The molecule has 1 N–H and O–H groups in total. The second kappa shape index (κ2) is 11.4. The van der Waals surface area contributed by atoms with Crippen molar-refractivity contribution in [3.8, 4) is 11.5 Å². The fourth-order valence-electron chi connectivity index (χ4n) is 4.32. The van der Waals surface area contributed by atoms with E-state index in [2.05, 4.69) is 5.32 Å². The van der Waals surface area contributed by atoms with Gasteiger partial charge in [-0.05, 0) is 73.0 Å². The molecule has 0 radical (unpaired) electrons. The number of nitrogens with one attached hydrogen (secondary N) is 1. The quantitative estimate of drug-likeness (QED) is 0.349. The summed E-state index contributed by atoms with van der Waals surface area (Å²) in [4.78, 5) is 39.1. The number of carbonyl (C=O) groups excluding carboxylic acids is 3. The predicted octanol–water partition coefficient (Wildman–Crippen LogP) is 5.78. The number of amides is 3. The smallest absolute Gasteiger partial charge is 0.261 e. The lowest BCUT2D eigenvalue weighted by Crippen LogP contribution is -2.36. The van der Waals surface area contributed by atoms with Crippen molar-refractivity contribution in [2.75, 3.05) is 24.2 Å². The van der Waals surface area contributed by atoms with Gasteiger partial charge in [-0.15, -0.1) is 11.8 Å². The van der Waals surface area contributed by atoms with Crippen molar-refractivity contribution in [2.24, 2.45) is 0 Å². The van der Waals surface area contributed by atoms with Crippen LogP contribution in [-0.2, 0) is 15.3 Å². The number of ether oxygens (including phenoxy) is 2. The molecule has 190 valence electrons. The molecule has 5 rings (SSSR count). The number of anilines is 1. The summed E-state index contributed by atoms with van der Waals surface area (Å²) in [6.45, 7) is 0.937. The molecule has 0 aromatic heterocycles. The van der Waals surface area contributed by atoms with Crippen LogP contribution in [0.5, 0.6) is 11.5 Å². The van der Waals surface area contributed by atoms with E-state index in [4.69, 9.17) is 21.1 Å². The molecule has 7 nitrogen and oxygen atoms in total. The van der Waals surface area contributed by atoms with E-state index in [1.54, 1.807) is 42.5 Å². The van der Waals surface area contributed by atoms with E-state index in [1.165, 1.54) is 16.7 Å². The van der Waals surface area contributed by atoms with Crippen LogP contribution in [0.15, 0.2) is 66.7 Å². The maximum absolute atomic E-state index is 12.9. The van der Waals surface area contributed by atoms with Crippen molar-refractivity contribution in [3.63, 3.8) is 0 Å². The van der Waals surface area contributed by atoms with Gasteiger partial charge in [0.25, 0.3) is 11.8 Å². The minimum Gasteiger partial charge on any atom is -0.457 e. The van der Waals surface area contributed by atoms with E-state index >= 15 is 0 Å². The molecule has 2 heterocycles. The highest BCUT2D eigenvalue weighted by Crippen LogP contribution is 2.31. The monoisotopic (exact) mass is 536 g/mol. The maximum Gasteiger partial charge on any atom is 0.261 e. The molecule has 2 aliphatic heterocycles. The molecule has 0 saturated carbocycles. The van der Waals surface area contributed by atoms with Gasteiger partial charge in [0.1, 0.15) is 11.5 Å². The molecule has 37 heavy (non-hydrogen) atoms. The zero-order valence-corrected chi connectivity index (χ0v) is 21.5. The molecule has 0 spiro atoms. The summed E-state index contributed by atoms with van der Waals surface area (Å²) in [7, 11) is 0. The van der Waals surface area contributed by atoms with Crippen LogP contribution in [0.1, 0.15) is 39.1 Å². The van der Waals surface area contributed by atoms with Gasteiger partial charge in [0, 0.05) is 23.1 Å². The molecule has 1 fully saturated rings. The van der Waals surface area contributed by atoms with Crippen LogP contribution >= 0.6 is 23.4 Å². The summed E-state index contributed by atoms with van der Waals surface area (Å²) in [5, 5.41) is 3.55. The van der Waals surface area contributed by atoms with Crippen LogP contribution in [0.25, 0.3) is 0 Å². The van der Waals surface area contributed by atoms with Crippen LogP contribution < -0.4 is 10.1 Å². The Morgan fingerprint density at radius 1 is 1.03 bits per heavy atom. The van der Waals surface area contributed by atoms with E-state index < -0.39 is 0 Å². The summed E-state index contributed by atoms with van der Waals surface area (Å²) >= 11 is 7.50. The van der Waals surface area contributed by atoms with Gasteiger partial charge in [-0.25, -0.2) is 0 Å². The van der Waals surface area contributed by atoms with Crippen molar-refractivity contribution >= 4 is 46.8 Å². The first-order valence-electron chi connectivity index (χ1n) is 12.0. The molecule has 3 aromatic carbocycles. The van der Waals surface area contributed by atoms with Gasteiger partial charge >= 0.3 is 0 Å². The summed E-state index contributed by atoms with van der Waals surface area (Å²) in [6.07, 6.45) is 1.69. The van der Waals surface area contributed by atoms with Crippen LogP contribution in [-0.4, -0.2) is 47.6 Å². The van der Waals surface area contributed by atoms with Gasteiger partial charge in [-0.3, -0.25) is 19.3 Å². The molecule has 1 saturated heterocycles. The molecule has 0 bridgehead atoms. The Bertz CT molecular complexity index is 1320. The number of fused-ring (bicyclic) bond motifs is 1. The summed E-state index contributed by atoms with van der Waals surface area (Å²) in [6, 6.07) is 19.4. The van der Waals surface area contributed by atoms with E-state index in [9.17, 15) is 14.4 Å². The van der Waals surface area contributed by atoms with Crippen LogP contribution in [0.2, 0.25) is 5.02 Å². The standard InChI is InChI=1S/C28H25ClN2O5S/c29-19-4-1-3-18(13-19)16-37-17-26(32)30-20-6-8-21(9-7-20)36-22-10-11-24-25(14-22)28(34)31(27(24)33)15-23-5-2-12-35-23/h1,3-4,6-11,13-14,23H,2,5,12,15-17H2,(H,30,32). The Hall–Kier alpha value is -3.33. The molecule has 1 unspecified atom stereocenters. The number of halogens is 1. The molecule has 2 aliphatic rings. The Labute approximate surface area is 224 Å². The van der Waals surface area contributed by atoms with Crippen LogP contribution in [0.3, 0.4) is 0 Å². The fourth-order valence-corrected chi connectivity index (χ4v) is 5.31. The molecule has 3 aromatic rings. The predicted molar refractivity (Wildman–Crippen MR) is 144 cm³/mol. The third kappa shape index (κ3) is 6.15. The highest BCUT2D eigenvalue weighted by atomic mass is 35.5. The Morgan fingerprint density at radius 2 is 1.81 bits per heavy atom. The van der Waals surface area contributed by atoms with Crippen molar-refractivity contribution in [1.29, 1.82) is 0 Å². The number of hydrogen-bond donors (Lipinski definition) is 1. The lowest BCUT2D eigenvalue weighted by atomic mass is 10.1. The Balaban J connectivity index is 1.14. The second-order valence-corrected chi connectivity index (χ2v) is 10.3. The molecule has 1 atom stereocenters. The maximum atomic E-state index is 12.9. The topological polar surface area (TPSA) is 84.9 Å². The number of thioether (sulfide) groups is 1. The lowest BCUT2D eigenvalue weighted by molar-refractivity contribution is -0.113. The van der Waals surface area contributed by atoms with Gasteiger partial charge in [0.05, 0.1) is 29.5 Å². The van der Waals surface area contributed by atoms with E-state index in [-0.39, 0.29) is 30.4 Å². The number of benzene rings is 3. The molecule has 9 heteroatoms. The van der Waals surface area contributed by atoms with Crippen LogP contribution in [0, 0.1) is 0 Å². The SMILES string of the molecule is O=C(CSCc1cccc(Cl)c1)Nc1ccc(Oc2ccc3c(c2)C(=O)N(CC2CCCO2)C3=O)cc1. The largest absolute Gasteiger partial charge is 0.457 e. The van der Waals surface area contributed by atoms with Crippen LogP contribution in [0.4, 0.5) is 5.69 Å². The minimum absolute atomic E-state index is 0.0986. The number of hydrogen-bond acceptors (Lipinski definition) is 6. The normalized spacial score (nSPS) is 16.7. The van der Waals surface area contributed by atoms with Crippen molar-refractivity contribution in [3.05, 3.63) is 88.4 Å². The minimum atomic E-state index is -0.327. The Morgan fingerprint density at radius 3 is 2.57 bits per heavy atom. The summed E-state index contributed by atoms with van der Waals surface area (Å²) in [5.74, 6) is 1.28. The highest BCUT2D eigenvalue weighted by molar-refractivity contribution is 7.99. The van der Waals surface area contributed by atoms with Crippen molar-refractivity contribution < 1.29 is 23.9 Å². The Kier molecular flexibility index (Phi) is 7.79. The van der Waals surface area contributed by atoms with E-state index in [0.717, 1.165) is 18.4 Å². The second-order valence-electron chi connectivity index (χ2n) is 8.86. The van der Waals surface area contributed by atoms with E-state index in [1.807, 2.05) is 24.3 Å². The van der Waals surface area contributed by atoms with Gasteiger partial charge in [-0.1, -0.05) is 23.7 Å². The van der Waals surface area contributed by atoms with E-state index in [0.29, 0.717) is 51.4 Å². The first kappa shape index (κ1) is 25.3. The molecular weight excluding hydrogens is 512 g/mol. The number of imide groups is 1. The third-order valence-corrected chi connectivity index (χ3v) is 7.36. The average Bonchev–Trinajstić information content (AvgIpc) is 3.48. The first-order chi connectivity index (χ1) is 18.0. The van der Waals surface area contributed by atoms with Gasteiger partial charge < -0.3 is 14.8 Å². The number of nitrogens with zero attached hydrogens (tertiary/aromatic N) is 1. The fraction of sp³-hybridized carbons (Fsp3) is 0.250. The third-order valence-electron chi connectivity index (χ3n) is 6.12. The molecule has 0 aliphatic carbocycles. The summed E-state index contributed by atoms with van der Waals surface area (Å²) in [5.41, 5.74) is 2.43. The summed E-state index contributed by atoms with van der Waals surface area (Å²) < 4.78 is 11.5. The zero-order valence-electron chi connectivity index (χ0n) is 19.9.